The number of morpholine rings is 1. The highest BCUT2D eigenvalue weighted by atomic mass is 16.6. The standard InChI is InChI=1S/C27H41N5O6/c1-15(2)37-24(33)20-16(3)21(28-17(20)4)23-29-22(30-32(23)18-12-27(8,9)36-14-18)19-13-31(10-11-35-19)25(34)38-26(5,6)7/h15,18-19,28H,10-14H2,1-9H3. The highest BCUT2D eigenvalue weighted by Crippen LogP contribution is 2.37. The lowest BCUT2D eigenvalue weighted by Crippen LogP contribution is -2.44. The highest BCUT2D eigenvalue weighted by Gasteiger charge is 2.38. The molecule has 0 aromatic carbocycles. The third kappa shape index (κ3) is 6.04. The first-order valence-electron chi connectivity index (χ1n) is 13.3. The van der Waals surface area contributed by atoms with Gasteiger partial charge in [0.05, 0.1) is 48.8 Å². The molecule has 0 radical (unpaired) electrons. The maximum Gasteiger partial charge on any atom is 0.410 e. The van der Waals surface area contributed by atoms with Crippen LogP contribution in [0.3, 0.4) is 0 Å². The number of nitrogens with one attached hydrogen (secondary N) is 1. The lowest BCUT2D eigenvalue weighted by Gasteiger charge is -2.33. The fourth-order valence-electron chi connectivity index (χ4n) is 4.92. The fraction of sp³-hybridized carbons (Fsp3) is 0.704. The van der Waals surface area contributed by atoms with Crippen molar-refractivity contribution >= 4 is 12.1 Å². The summed E-state index contributed by atoms with van der Waals surface area (Å²) in [6.07, 6.45) is -0.391. The molecule has 2 unspecified atom stereocenters. The van der Waals surface area contributed by atoms with Crippen LogP contribution in [0.5, 0.6) is 0 Å². The smallest absolute Gasteiger partial charge is 0.410 e. The maximum atomic E-state index is 12.8. The molecule has 1 amide bonds. The first kappa shape index (κ1) is 28.1. The van der Waals surface area contributed by atoms with Crippen LogP contribution in [-0.4, -0.2) is 80.3 Å². The van der Waals surface area contributed by atoms with Crippen LogP contribution in [0.2, 0.25) is 0 Å². The van der Waals surface area contributed by atoms with E-state index >= 15 is 0 Å². The summed E-state index contributed by atoms with van der Waals surface area (Å²) in [4.78, 5) is 35.5. The Hall–Kier alpha value is -2.92. The van der Waals surface area contributed by atoms with Crippen LogP contribution < -0.4 is 0 Å². The van der Waals surface area contributed by atoms with Gasteiger partial charge in [0.15, 0.2) is 11.6 Å². The van der Waals surface area contributed by atoms with Crippen molar-refractivity contribution in [1.82, 2.24) is 24.6 Å². The monoisotopic (exact) mass is 531 g/mol. The molecule has 4 rings (SSSR count). The number of carbonyl (C=O) groups excluding carboxylic acids is 2. The average molecular weight is 532 g/mol. The van der Waals surface area contributed by atoms with Gasteiger partial charge in [-0.2, -0.15) is 5.10 Å². The molecule has 2 aliphatic heterocycles. The molecule has 2 saturated heterocycles. The van der Waals surface area contributed by atoms with Crippen LogP contribution in [0.25, 0.3) is 11.5 Å². The molecular formula is C27H41N5O6. The first-order chi connectivity index (χ1) is 17.6. The van der Waals surface area contributed by atoms with Gasteiger partial charge in [-0.25, -0.2) is 19.3 Å². The Morgan fingerprint density at radius 1 is 1.21 bits per heavy atom. The Morgan fingerprint density at radius 3 is 2.53 bits per heavy atom. The second kappa shape index (κ2) is 10.3. The van der Waals surface area contributed by atoms with Crippen molar-refractivity contribution in [2.75, 3.05) is 26.3 Å². The number of nitrogens with zero attached hydrogens (tertiary/aromatic N) is 4. The van der Waals surface area contributed by atoms with Gasteiger partial charge in [0.25, 0.3) is 0 Å². The second-order valence-corrected chi connectivity index (χ2v) is 12.0. The number of amides is 1. The van der Waals surface area contributed by atoms with E-state index in [0.717, 1.165) is 12.0 Å². The van der Waals surface area contributed by atoms with Crippen molar-refractivity contribution in [2.24, 2.45) is 0 Å². The lowest BCUT2D eigenvalue weighted by molar-refractivity contribution is -0.0463. The molecule has 11 nitrogen and oxygen atoms in total. The van der Waals surface area contributed by atoms with Gasteiger partial charge in [-0.05, 0) is 67.9 Å². The minimum Gasteiger partial charge on any atom is -0.459 e. The van der Waals surface area contributed by atoms with Gasteiger partial charge >= 0.3 is 12.1 Å². The second-order valence-electron chi connectivity index (χ2n) is 12.0. The zero-order chi connectivity index (χ0) is 28.0. The van der Waals surface area contributed by atoms with E-state index in [1.54, 1.807) is 4.90 Å². The van der Waals surface area contributed by atoms with E-state index in [4.69, 9.17) is 29.0 Å². The van der Waals surface area contributed by atoms with E-state index < -0.39 is 11.7 Å². The summed E-state index contributed by atoms with van der Waals surface area (Å²) in [5.74, 6) is 0.683. The number of H-pyrrole nitrogens is 1. The summed E-state index contributed by atoms with van der Waals surface area (Å²) in [5, 5.41) is 4.89. The van der Waals surface area contributed by atoms with Gasteiger partial charge in [0.2, 0.25) is 0 Å². The molecule has 0 spiro atoms. The van der Waals surface area contributed by atoms with Crippen molar-refractivity contribution < 1.29 is 28.5 Å². The summed E-state index contributed by atoms with van der Waals surface area (Å²) in [5.41, 5.74) is 1.75. The molecule has 2 fully saturated rings. The SMILES string of the molecule is Cc1[nH]c(-c2nc(C3CN(C(=O)OC(C)(C)C)CCO3)nn2C2COC(C)(C)C2)c(C)c1C(=O)OC(C)C. The van der Waals surface area contributed by atoms with E-state index in [9.17, 15) is 9.59 Å². The lowest BCUT2D eigenvalue weighted by atomic mass is 10.0. The fourth-order valence-corrected chi connectivity index (χ4v) is 4.92. The van der Waals surface area contributed by atoms with Gasteiger partial charge in [0.1, 0.15) is 11.7 Å². The van der Waals surface area contributed by atoms with Gasteiger partial charge in [-0.1, -0.05) is 0 Å². The Morgan fingerprint density at radius 2 is 1.92 bits per heavy atom. The third-order valence-corrected chi connectivity index (χ3v) is 6.60. The molecule has 2 aromatic rings. The summed E-state index contributed by atoms with van der Waals surface area (Å²) >= 11 is 0. The first-order valence-corrected chi connectivity index (χ1v) is 13.3. The number of carbonyl (C=O) groups is 2. The van der Waals surface area contributed by atoms with E-state index in [1.165, 1.54) is 0 Å². The molecule has 210 valence electrons. The minimum absolute atomic E-state index is 0.0547. The molecule has 0 aliphatic carbocycles. The molecule has 11 heteroatoms. The van der Waals surface area contributed by atoms with Crippen LogP contribution >= 0.6 is 0 Å². The molecular weight excluding hydrogens is 490 g/mol. The van der Waals surface area contributed by atoms with Crippen molar-refractivity contribution in [1.29, 1.82) is 0 Å². The summed E-state index contributed by atoms with van der Waals surface area (Å²) in [6, 6.07) is -0.0547. The van der Waals surface area contributed by atoms with Gasteiger partial charge in [-0.3, -0.25) is 0 Å². The van der Waals surface area contributed by atoms with Crippen molar-refractivity contribution in [2.45, 2.75) is 98.2 Å². The Kier molecular flexibility index (Phi) is 7.64. The number of esters is 1. The molecule has 2 aliphatic rings. The topological polar surface area (TPSA) is 121 Å². The van der Waals surface area contributed by atoms with E-state index in [0.29, 0.717) is 48.4 Å². The summed E-state index contributed by atoms with van der Waals surface area (Å²) < 4.78 is 25.0. The zero-order valence-corrected chi connectivity index (χ0v) is 24.0. The summed E-state index contributed by atoms with van der Waals surface area (Å²) in [7, 11) is 0. The van der Waals surface area contributed by atoms with Crippen LogP contribution in [0.1, 0.15) is 94.5 Å². The van der Waals surface area contributed by atoms with Gasteiger partial charge in [0, 0.05) is 18.7 Å². The number of ether oxygens (including phenoxy) is 4. The number of hydrogen-bond donors (Lipinski definition) is 1. The molecule has 4 heterocycles. The third-order valence-electron chi connectivity index (χ3n) is 6.60. The number of rotatable bonds is 5. The quantitative estimate of drug-likeness (QED) is 0.560. The number of hydrogen-bond acceptors (Lipinski definition) is 8. The Labute approximate surface area is 224 Å². The summed E-state index contributed by atoms with van der Waals surface area (Å²) in [6.45, 7) is 18.6. The predicted octanol–water partition coefficient (Wildman–Crippen LogP) is 4.50. The largest absolute Gasteiger partial charge is 0.459 e. The molecule has 2 atom stereocenters. The maximum absolute atomic E-state index is 12.8. The molecule has 38 heavy (non-hydrogen) atoms. The van der Waals surface area contributed by atoms with E-state index in [2.05, 4.69) is 18.8 Å². The van der Waals surface area contributed by atoms with Crippen LogP contribution in [0.4, 0.5) is 4.79 Å². The molecule has 0 saturated carbocycles. The van der Waals surface area contributed by atoms with Crippen molar-refractivity contribution in [3.8, 4) is 11.5 Å². The van der Waals surface area contributed by atoms with Crippen LogP contribution in [-0.2, 0) is 18.9 Å². The number of aromatic nitrogens is 4. The normalized spacial score (nSPS) is 21.7. The van der Waals surface area contributed by atoms with Crippen molar-refractivity contribution in [3.63, 3.8) is 0 Å². The van der Waals surface area contributed by atoms with E-state index in [1.807, 2.05) is 53.1 Å². The average Bonchev–Trinajstić information content (AvgIpc) is 3.46. The Balaban J connectivity index is 1.70. The number of aryl methyl sites for hydroxylation is 1. The molecule has 1 N–H and O–H groups in total. The highest BCUT2D eigenvalue weighted by molar-refractivity contribution is 5.94. The molecule has 0 bridgehead atoms. The van der Waals surface area contributed by atoms with Crippen LogP contribution in [0, 0.1) is 13.8 Å². The zero-order valence-electron chi connectivity index (χ0n) is 24.0. The van der Waals surface area contributed by atoms with Gasteiger partial charge < -0.3 is 28.8 Å². The molecule has 2 aromatic heterocycles. The van der Waals surface area contributed by atoms with Crippen molar-refractivity contribution in [3.05, 3.63) is 22.6 Å². The minimum atomic E-state index is -0.593. The number of aromatic amines is 1. The van der Waals surface area contributed by atoms with Crippen LogP contribution in [0.15, 0.2) is 0 Å². The van der Waals surface area contributed by atoms with Gasteiger partial charge in [-0.15, -0.1) is 0 Å². The van der Waals surface area contributed by atoms with E-state index in [-0.39, 0.29) is 36.4 Å². The predicted molar refractivity (Wildman–Crippen MR) is 140 cm³/mol. The Bertz CT molecular complexity index is 1190.